The fraction of sp³-hybridized carbons (Fsp3) is 0. The number of nitrogens with one attached hydrogen (secondary N) is 2. The van der Waals surface area contributed by atoms with Crippen molar-refractivity contribution < 1.29 is 0 Å². The van der Waals surface area contributed by atoms with Gasteiger partial charge in [-0.25, -0.2) is 4.98 Å². The molecule has 2 aromatic rings. The van der Waals surface area contributed by atoms with Crippen LogP contribution in [0.25, 0.3) is 11.0 Å². The highest BCUT2D eigenvalue weighted by Crippen LogP contribution is 2.27. The summed E-state index contributed by atoms with van der Waals surface area (Å²) in [4.78, 5) is 20.6. The van der Waals surface area contributed by atoms with Crippen LogP contribution >= 0.6 is 31.9 Å². The monoisotopic (exact) mass is 291 g/mol. The summed E-state index contributed by atoms with van der Waals surface area (Å²) >= 11 is 6.51. The van der Waals surface area contributed by atoms with E-state index in [-0.39, 0.29) is 5.56 Å². The van der Waals surface area contributed by atoms with Gasteiger partial charge in [0.05, 0.1) is 20.8 Å². The number of aromatic nitrogens is 3. The van der Waals surface area contributed by atoms with Gasteiger partial charge in [0.25, 0.3) is 5.56 Å². The molecule has 4 nitrogen and oxygen atoms in total. The highest BCUT2D eigenvalue weighted by atomic mass is 79.9. The van der Waals surface area contributed by atoms with Crippen molar-refractivity contribution in [1.82, 2.24) is 15.0 Å². The van der Waals surface area contributed by atoms with Crippen molar-refractivity contribution >= 4 is 42.9 Å². The van der Waals surface area contributed by atoms with Gasteiger partial charge >= 0.3 is 0 Å². The zero-order valence-electron chi connectivity index (χ0n) is 5.69. The van der Waals surface area contributed by atoms with E-state index in [2.05, 4.69) is 46.8 Å². The van der Waals surface area contributed by atoms with Gasteiger partial charge in [0.15, 0.2) is 0 Å². The van der Waals surface area contributed by atoms with E-state index < -0.39 is 0 Å². The first-order valence-electron chi connectivity index (χ1n) is 3.10. The van der Waals surface area contributed by atoms with Crippen LogP contribution in [0.1, 0.15) is 0 Å². The Hall–Kier alpha value is -0.620. The van der Waals surface area contributed by atoms with E-state index in [0.717, 1.165) is 4.60 Å². The topological polar surface area (TPSA) is 61.5 Å². The van der Waals surface area contributed by atoms with Gasteiger partial charge in [-0.1, -0.05) is 0 Å². The molecule has 62 valence electrons. The summed E-state index contributed by atoms with van der Waals surface area (Å²) in [6, 6.07) is 0. The van der Waals surface area contributed by atoms with E-state index in [1.165, 1.54) is 6.33 Å². The van der Waals surface area contributed by atoms with Crippen LogP contribution < -0.4 is 5.56 Å². The predicted octanol–water partition coefficient (Wildman–Crippen LogP) is 1.78. The largest absolute Gasteiger partial charge is 0.333 e. The number of rotatable bonds is 0. The predicted molar refractivity (Wildman–Crippen MR) is 52.1 cm³/mol. The maximum absolute atomic E-state index is 11.2. The molecule has 0 bridgehead atoms. The molecule has 2 heterocycles. The minimum atomic E-state index is -0.158. The summed E-state index contributed by atoms with van der Waals surface area (Å²) in [7, 11) is 0. The van der Waals surface area contributed by atoms with Crippen molar-refractivity contribution in [3.63, 3.8) is 0 Å². The fourth-order valence-electron chi connectivity index (χ4n) is 0.967. The van der Waals surface area contributed by atoms with E-state index in [1.54, 1.807) is 0 Å². The van der Waals surface area contributed by atoms with Gasteiger partial charge in [0.2, 0.25) is 0 Å². The number of fused-ring (bicyclic) bond motifs is 1. The molecule has 0 amide bonds. The van der Waals surface area contributed by atoms with Crippen LogP contribution in [-0.2, 0) is 0 Å². The highest BCUT2D eigenvalue weighted by Gasteiger charge is 2.09. The number of H-pyrrole nitrogens is 2. The molecule has 0 aliphatic heterocycles. The van der Waals surface area contributed by atoms with E-state index in [9.17, 15) is 4.79 Å². The minimum absolute atomic E-state index is 0.158. The molecule has 2 rings (SSSR count). The molecule has 0 aromatic carbocycles. The van der Waals surface area contributed by atoms with Crippen molar-refractivity contribution in [2.75, 3.05) is 0 Å². The summed E-state index contributed by atoms with van der Waals surface area (Å²) < 4.78 is 1.42. The molecular formula is C6H3Br2N3O. The Kier molecular flexibility index (Phi) is 1.80. The first-order chi connectivity index (χ1) is 5.70. The molecule has 12 heavy (non-hydrogen) atoms. The lowest BCUT2D eigenvalue weighted by Crippen LogP contribution is -2.04. The van der Waals surface area contributed by atoms with Crippen LogP contribution in [0.3, 0.4) is 0 Å². The summed E-state index contributed by atoms with van der Waals surface area (Å²) in [5.74, 6) is 0. The van der Waals surface area contributed by atoms with Gasteiger partial charge < -0.3 is 9.97 Å². The van der Waals surface area contributed by atoms with Crippen LogP contribution in [0, 0.1) is 0 Å². The summed E-state index contributed by atoms with van der Waals surface area (Å²) in [5.41, 5.74) is 0.409. The quantitative estimate of drug-likeness (QED) is 0.777. The third-order valence-electron chi connectivity index (χ3n) is 1.49. The van der Waals surface area contributed by atoms with Crippen LogP contribution in [0.5, 0.6) is 0 Å². The van der Waals surface area contributed by atoms with Gasteiger partial charge in [-0.3, -0.25) is 4.79 Å². The van der Waals surface area contributed by atoms with Crippen molar-refractivity contribution in [2.45, 2.75) is 0 Å². The van der Waals surface area contributed by atoms with E-state index in [4.69, 9.17) is 0 Å². The van der Waals surface area contributed by atoms with Crippen LogP contribution in [0.2, 0.25) is 0 Å². The second-order valence-corrected chi connectivity index (χ2v) is 3.79. The van der Waals surface area contributed by atoms with Crippen molar-refractivity contribution in [3.05, 3.63) is 25.8 Å². The lowest BCUT2D eigenvalue weighted by molar-refractivity contribution is 1.16. The number of hydrogen-bond acceptors (Lipinski definition) is 2. The number of aromatic amines is 2. The first kappa shape index (κ1) is 8.00. The summed E-state index contributed by atoms with van der Waals surface area (Å²) in [6.07, 6.45) is 1.36. The molecule has 0 aliphatic rings. The zero-order chi connectivity index (χ0) is 8.72. The summed E-state index contributed by atoms with van der Waals surface area (Å²) in [6.45, 7) is 0. The maximum atomic E-state index is 11.2. The Bertz CT molecular complexity index is 487. The van der Waals surface area contributed by atoms with Crippen molar-refractivity contribution in [3.8, 4) is 0 Å². The van der Waals surface area contributed by atoms with Crippen LogP contribution in [0.4, 0.5) is 0 Å². The van der Waals surface area contributed by atoms with Gasteiger partial charge in [0, 0.05) is 0 Å². The standard InChI is InChI=1S/C6H3Br2N3O/c7-3-2-5(11-4(3)8)9-1-10-6(2)12/h1H,(H2,9,10,11,12). The lowest BCUT2D eigenvalue weighted by Gasteiger charge is -1.85. The molecule has 0 fully saturated rings. The molecule has 0 spiro atoms. The number of halogens is 2. The Balaban J connectivity index is 3.07. The highest BCUT2D eigenvalue weighted by molar-refractivity contribution is 9.13. The Labute approximate surface area is 83.7 Å². The van der Waals surface area contributed by atoms with E-state index >= 15 is 0 Å². The second-order valence-electron chi connectivity index (χ2n) is 2.21. The second kappa shape index (κ2) is 2.70. The van der Waals surface area contributed by atoms with E-state index in [0.29, 0.717) is 15.5 Å². The van der Waals surface area contributed by atoms with Gasteiger partial charge in [-0.05, 0) is 31.9 Å². The number of hydrogen-bond donors (Lipinski definition) is 2. The smallest absolute Gasteiger partial charge is 0.261 e. The zero-order valence-corrected chi connectivity index (χ0v) is 8.86. The SMILES string of the molecule is O=c1[nH]cnc2[nH]c(Br)c(Br)c12. The number of nitrogens with zero attached hydrogens (tertiary/aromatic N) is 1. The molecule has 6 heteroatoms. The molecule has 0 unspecified atom stereocenters. The van der Waals surface area contributed by atoms with Gasteiger partial charge in [-0.2, -0.15) is 0 Å². The first-order valence-corrected chi connectivity index (χ1v) is 4.69. The van der Waals surface area contributed by atoms with Crippen LogP contribution in [0.15, 0.2) is 20.2 Å². The molecule has 2 aromatic heterocycles. The normalized spacial score (nSPS) is 10.8. The molecular weight excluding hydrogens is 290 g/mol. The Morgan fingerprint density at radius 2 is 2.17 bits per heavy atom. The lowest BCUT2D eigenvalue weighted by atomic mass is 10.4. The Morgan fingerprint density at radius 3 is 2.83 bits per heavy atom. The third-order valence-corrected chi connectivity index (χ3v) is 3.41. The molecule has 0 radical (unpaired) electrons. The molecule has 0 saturated carbocycles. The molecule has 0 aliphatic carbocycles. The van der Waals surface area contributed by atoms with Gasteiger partial charge in [-0.15, -0.1) is 0 Å². The fourth-order valence-corrected chi connectivity index (χ4v) is 1.82. The maximum Gasteiger partial charge on any atom is 0.261 e. The van der Waals surface area contributed by atoms with Crippen LogP contribution in [-0.4, -0.2) is 15.0 Å². The molecule has 2 N–H and O–H groups in total. The van der Waals surface area contributed by atoms with Crippen molar-refractivity contribution in [2.24, 2.45) is 0 Å². The van der Waals surface area contributed by atoms with Crippen molar-refractivity contribution in [1.29, 1.82) is 0 Å². The van der Waals surface area contributed by atoms with Gasteiger partial charge in [0.1, 0.15) is 5.65 Å². The third kappa shape index (κ3) is 1.02. The average molecular weight is 293 g/mol. The Morgan fingerprint density at radius 1 is 1.42 bits per heavy atom. The molecule has 0 atom stereocenters. The average Bonchev–Trinajstić information content (AvgIpc) is 2.29. The van der Waals surface area contributed by atoms with E-state index in [1.807, 2.05) is 0 Å². The summed E-state index contributed by atoms with van der Waals surface area (Å²) in [5, 5.41) is 0.532. The minimum Gasteiger partial charge on any atom is -0.333 e. The molecule has 0 saturated heterocycles.